The lowest BCUT2D eigenvalue weighted by atomic mass is 10.1. The maximum atomic E-state index is 12.3. The average Bonchev–Trinajstić information content (AvgIpc) is 2.55. The first-order chi connectivity index (χ1) is 11.5. The van der Waals surface area contributed by atoms with Gasteiger partial charge in [-0.3, -0.25) is 10.1 Å². The van der Waals surface area contributed by atoms with Gasteiger partial charge in [0.05, 0.1) is 6.61 Å². The van der Waals surface area contributed by atoms with E-state index in [1.54, 1.807) is 12.1 Å². The van der Waals surface area contributed by atoms with Crippen molar-refractivity contribution >= 4 is 23.2 Å². The van der Waals surface area contributed by atoms with Gasteiger partial charge in [-0.1, -0.05) is 13.8 Å². The summed E-state index contributed by atoms with van der Waals surface area (Å²) in [6.07, 6.45) is 1.02. The maximum absolute atomic E-state index is 12.3. The van der Waals surface area contributed by atoms with Crippen LogP contribution in [0.4, 0.5) is 0 Å². The number of benzene rings is 1. The summed E-state index contributed by atoms with van der Waals surface area (Å²) >= 11 is 5.35. The van der Waals surface area contributed by atoms with Crippen LogP contribution in [0.25, 0.3) is 0 Å². The highest BCUT2D eigenvalue weighted by Gasteiger charge is 2.18. The van der Waals surface area contributed by atoms with Crippen molar-refractivity contribution in [2.45, 2.75) is 20.3 Å². The number of nitrogens with zero attached hydrogens (tertiary/aromatic N) is 2. The van der Waals surface area contributed by atoms with Gasteiger partial charge < -0.3 is 14.5 Å². The summed E-state index contributed by atoms with van der Waals surface area (Å²) in [5.41, 5.74) is 0.586. The lowest BCUT2D eigenvalue weighted by Gasteiger charge is -2.33. The van der Waals surface area contributed by atoms with Crippen LogP contribution in [0, 0.1) is 5.92 Å². The van der Waals surface area contributed by atoms with Crippen molar-refractivity contribution in [2.75, 3.05) is 39.8 Å². The summed E-state index contributed by atoms with van der Waals surface area (Å²) < 4.78 is 5.67. The number of thiocarbonyl (C=S) groups is 1. The van der Waals surface area contributed by atoms with Gasteiger partial charge in [-0.05, 0) is 55.9 Å². The number of likely N-dealkylation sites (N-methyl/N-ethyl adjacent to an activating group) is 1. The van der Waals surface area contributed by atoms with Crippen LogP contribution in [-0.2, 0) is 0 Å². The van der Waals surface area contributed by atoms with Gasteiger partial charge in [0, 0.05) is 31.7 Å². The van der Waals surface area contributed by atoms with E-state index in [1.165, 1.54) is 0 Å². The number of ether oxygens (including phenoxy) is 1. The quantitative estimate of drug-likeness (QED) is 0.827. The second-order valence-electron chi connectivity index (χ2n) is 6.60. The van der Waals surface area contributed by atoms with Crippen LogP contribution in [-0.4, -0.2) is 60.7 Å². The SMILES string of the molecule is CC(C)CCOc1ccc(C(=O)NC(=S)N2CCN(C)CC2)cc1. The third kappa shape index (κ3) is 5.76. The predicted octanol–water partition coefficient (Wildman–Crippen LogP) is 2.37. The van der Waals surface area contributed by atoms with Crippen molar-refractivity contribution in [3.05, 3.63) is 29.8 Å². The van der Waals surface area contributed by atoms with E-state index in [-0.39, 0.29) is 5.91 Å². The second kappa shape index (κ2) is 8.99. The van der Waals surface area contributed by atoms with E-state index in [0.717, 1.165) is 38.3 Å². The van der Waals surface area contributed by atoms with Crippen LogP contribution < -0.4 is 10.1 Å². The predicted molar refractivity (Wildman–Crippen MR) is 101 cm³/mol. The number of hydrogen-bond donors (Lipinski definition) is 1. The van der Waals surface area contributed by atoms with E-state index < -0.39 is 0 Å². The van der Waals surface area contributed by atoms with Gasteiger partial charge in [-0.2, -0.15) is 0 Å². The summed E-state index contributed by atoms with van der Waals surface area (Å²) in [5, 5.41) is 3.32. The van der Waals surface area contributed by atoms with Crippen molar-refractivity contribution in [3.8, 4) is 5.75 Å². The molecule has 0 radical (unpaired) electrons. The molecule has 1 aromatic carbocycles. The van der Waals surface area contributed by atoms with Gasteiger partial charge in [0.2, 0.25) is 0 Å². The summed E-state index contributed by atoms with van der Waals surface area (Å²) in [6, 6.07) is 7.20. The average molecular weight is 350 g/mol. The standard InChI is InChI=1S/C18H27N3O2S/c1-14(2)8-13-23-16-6-4-15(5-7-16)17(22)19-18(24)21-11-9-20(3)10-12-21/h4-7,14H,8-13H2,1-3H3,(H,19,22,24). The van der Waals surface area contributed by atoms with Gasteiger partial charge in [-0.25, -0.2) is 0 Å². The second-order valence-corrected chi connectivity index (χ2v) is 6.99. The zero-order valence-corrected chi connectivity index (χ0v) is 15.6. The Morgan fingerprint density at radius 3 is 2.42 bits per heavy atom. The molecule has 1 saturated heterocycles. The normalized spacial score (nSPS) is 15.4. The first-order valence-electron chi connectivity index (χ1n) is 8.47. The Hall–Kier alpha value is -1.66. The molecule has 5 nitrogen and oxygen atoms in total. The third-order valence-electron chi connectivity index (χ3n) is 4.09. The number of nitrogens with one attached hydrogen (secondary N) is 1. The van der Waals surface area contributed by atoms with Crippen LogP contribution in [0.2, 0.25) is 0 Å². The minimum atomic E-state index is -0.173. The molecule has 0 aliphatic carbocycles. The number of carbonyl (C=O) groups is 1. The minimum Gasteiger partial charge on any atom is -0.494 e. The van der Waals surface area contributed by atoms with Gasteiger partial charge in [0.1, 0.15) is 5.75 Å². The summed E-state index contributed by atoms with van der Waals surface area (Å²) in [5.74, 6) is 1.23. The molecule has 1 aliphatic rings. The fraction of sp³-hybridized carbons (Fsp3) is 0.556. The monoisotopic (exact) mass is 349 g/mol. The molecule has 0 bridgehead atoms. The Morgan fingerprint density at radius 1 is 1.21 bits per heavy atom. The van der Waals surface area contributed by atoms with Crippen LogP contribution in [0.5, 0.6) is 5.75 Å². The van der Waals surface area contributed by atoms with Crippen LogP contribution in [0.3, 0.4) is 0 Å². The summed E-state index contributed by atoms with van der Waals surface area (Å²) in [4.78, 5) is 16.6. The molecule has 2 rings (SSSR count). The van der Waals surface area contributed by atoms with E-state index in [2.05, 4.69) is 31.1 Å². The largest absolute Gasteiger partial charge is 0.494 e. The third-order valence-corrected chi connectivity index (χ3v) is 4.45. The first kappa shape index (κ1) is 18.7. The van der Waals surface area contributed by atoms with E-state index in [4.69, 9.17) is 17.0 Å². The molecule has 1 aromatic rings. The Kier molecular flexibility index (Phi) is 6.99. The molecule has 0 saturated carbocycles. The first-order valence-corrected chi connectivity index (χ1v) is 8.88. The Balaban J connectivity index is 1.82. The van der Waals surface area contributed by atoms with Gasteiger partial charge >= 0.3 is 0 Å². The maximum Gasteiger partial charge on any atom is 0.257 e. The lowest BCUT2D eigenvalue weighted by Crippen LogP contribution is -2.51. The topological polar surface area (TPSA) is 44.8 Å². The molecule has 1 heterocycles. The van der Waals surface area contributed by atoms with E-state index in [0.29, 0.717) is 23.2 Å². The van der Waals surface area contributed by atoms with Crippen molar-refractivity contribution in [3.63, 3.8) is 0 Å². The smallest absolute Gasteiger partial charge is 0.257 e. The van der Waals surface area contributed by atoms with Gasteiger partial charge in [0.15, 0.2) is 5.11 Å². The highest BCUT2D eigenvalue weighted by atomic mass is 32.1. The Morgan fingerprint density at radius 2 is 1.83 bits per heavy atom. The van der Waals surface area contributed by atoms with E-state index >= 15 is 0 Å². The Labute approximate surface area is 150 Å². The molecule has 6 heteroatoms. The van der Waals surface area contributed by atoms with Crippen molar-refractivity contribution in [1.29, 1.82) is 0 Å². The molecule has 1 aliphatic heterocycles. The fourth-order valence-corrected chi connectivity index (χ4v) is 2.65. The summed E-state index contributed by atoms with van der Waals surface area (Å²) in [7, 11) is 2.09. The van der Waals surface area contributed by atoms with Crippen molar-refractivity contribution in [1.82, 2.24) is 15.1 Å². The molecular formula is C18H27N3O2S. The van der Waals surface area contributed by atoms with E-state index in [9.17, 15) is 4.79 Å². The molecule has 1 N–H and O–H groups in total. The summed E-state index contributed by atoms with van der Waals surface area (Å²) in [6.45, 7) is 8.63. The molecule has 0 spiro atoms. The number of carbonyl (C=O) groups excluding carboxylic acids is 1. The molecule has 0 unspecified atom stereocenters. The van der Waals surface area contributed by atoms with Gasteiger partial charge in [-0.15, -0.1) is 0 Å². The molecule has 1 amide bonds. The highest BCUT2D eigenvalue weighted by molar-refractivity contribution is 7.80. The Bertz CT molecular complexity index is 552. The molecular weight excluding hydrogens is 322 g/mol. The van der Waals surface area contributed by atoms with Crippen LogP contribution >= 0.6 is 12.2 Å². The number of amides is 1. The van der Waals surface area contributed by atoms with Crippen LogP contribution in [0.15, 0.2) is 24.3 Å². The van der Waals surface area contributed by atoms with Crippen molar-refractivity contribution in [2.24, 2.45) is 5.92 Å². The van der Waals surface area contributed by atoms with Gasteiger partial charge in [0.25, 0.3) is 5.91 Å². The number of piperazine rings is 1. The minimum absolute atomic E-state index is 0.173. The number of hydrogen-bond acceptors (Lipinski definition) is 4. The zero-order chi connectivity index (χ0) is 17.5. The van der Waals surface area contributed by atoms with Crippen molar-refractivity contribution < 1.29 is 9.53 Å². The molecule has 132 valence electrons. The molecule has 1 fully saturated rings. The molecule has 24 heavy (non-hydrogen) atoms. The van der Waals surface area contributed by atoms with Crippen LogP contribution in [0.1, 0.15) is 30.6 Å². The number of rotatable bonds is 5. The molecule has 0 atom stereocenters. The highest BCUT2D eigenvalue weighted by Crippen LogP contribution is 2.13. The van der Waals surface area contributed by atoms with E-state index in [1.807, 2.05) is 17.0 Å². The fourth-order valence-electron chi connectivity index (χ4n) is 2.37. The molecule has 0 aromatic heterocycles. The lowest BCUT2D eigenvalue weighted by molar-refractivity contribution is 0.0970. The zero-order valence-electron chi connectivity index (χ0n) is 14.7.